The van der Waals surface area contributed by atoms with Crippen molar-refractivity contribution >= 4 is 0 Å². The SMILES string of the molecule is CC[C@@](CCN1CCCCC1)(OC)c1ccccc1. The van der Waals surface area contributed by atoms with E-state index in [1.54, 1.807) is 0 Å². The lowest BCUT2D eigenvalue weighted by Gasteiger charge is -2.35. The first-order valence-electron chi connectivity index (χ1n) is 7.64. The summed E-state index contributed by atoms with van der Waals surface area (Å²) in [6, 6.07) is 10.7. The van der Waals surface area contributed by atoms with Crippen molar-refractivity contribution in [3.63, 3.8) is 0 Å². The monoisotopic (exact) mass is 261 g/mol. The van der Waals surface area contributed by atoms with Gasteiger partial charge in [-0.05, 0) is 44.3 Å². The van der Waals surface area contributed by atoms with Crippen LogP contribution in [0.4, 0.5) is 0 Å². The molecule has 1 aromatic rings. The van der Waals surface area contributed by atoms with E-state index in [4.69, 9.17) is 4.74 Å². The van der Waals surface area contributed by atoms with E-state index in [1.807, 2.05) is 7.11 Å². The Morgan fingerprint density at radius 2 is 1.79 bits per heavy atom. The summed E-state index contributed by atoms with van der Waals surface area (Å²) in [5, 5.41) is 0. The zero-order chi connectivity index (χ0) is 13.6. The molecule has 1 saturated heterocycles. The van der Waals surface area contributed by atoms with E-state index in [9.17, 15) is 0 Å². The Kier molecular flexibility index (Phi) is 5.41. The van der Waals surface area contributed by atoms with Crippen molar-refractivity contribution in [2.24, 2.45) is 0 Å². The molecule has 1 aliphatic heterocycles. The lowest BCUT2D eigenvalue weighted by atomic mass is 9.87. The first-order chi connectivity index (χ1) is 9.30. The zero-order valence-electron chi connectivity index (χ0n) is 12.4. The Morgan fingerprint density at radius 1 is 1.11 bits per heavy atom. The fourth-order valence-electron chi connectivity index (χ4n) is 3.15. The van der Waals surface area contributed by atoms with Crippen molar-refractivity contribution in [3.05, 3.63) is 35.9 Å². The second kappa shape index (κ2) is 7.06. The highest BCUT2D eigenvalue weighted by atomic mass is 16.5. The van der Waals surface area contributed by atoms with Crippen LogP contribution in [0, 0.1) is 0 Å². The third kappa shape index (κ3) is 3.58. The van der Waals surface area contributed by atoms with Gasteiger partial charge in [-0.1, -0.05) is 43.7 Å². The molecule has 1 fully saturated rings. The van der Waals surface area contributed by atoms with Crippen LogP contribution in [0.2, 0.25) is 0 Å². The maximum absolute atomic E-state index is 5.94. The van der Waals surface area contributed by atoms with Crippen molar-refractivity contribution < 1.29 is 4.74 Å². The van der Waals surface area contributed by atoms with Crippen molar-refractivity contribution in [2.75, 3.05) is 26.7 Å². The van der Waals surface area contributed by atoms with Crippen molar-refractivity contribution in [1.29, 1.82) is 0 Å². The van der Waals surface area contributed by atoms with Crippen molar-refractivity contribution in [2.45, 2.75) is 44.6 Å². The summed E-state index contributed by atoms with van der Waals surface area (Å²) in [6.07, 6.45) is 6.23. The molecule has 19 heavy (non-hydrogen) atoms. The first kappa shape index (κ1) is 14.5. The summed E-state index contributed by atoms with van der Waals surface area (Å²) in [5.74, 6) is 0. The summed E-state index contributed by atoms with van der Waals surface area (Å²) >= 11 is 0. The van der Waals surface area contributed by atoms with Gasteiger partial charge in [0.1, 0.15) is 0 Å². The van der Waals surface area contributed by atoms with E-state index in [2.05, 4.69) is 42.2 Å². The van der Waals surface area contributed by atoms with E-state index in [0.717, 1.165) is 19.4 Å². The number of benzene rings is 1. The summed E-state index contributed by atoms with van der Waals surface area (Å²) in [5.41, 5.74) is 1.20. The molecule has 0 radical (unpaired) electrons. The number of hydrogen-bond acceptors (Lipinski definition) is 2. The Labute approximate surface area is 117 Å². The van der Waals surface area contributed by atoms with Crippen LogP contribution in [0.15, 0.2) is 30.3 Å². The fraction of sp³-hybridized carbons (Fsp3) is 0.647. The highest BCUT2D eigenvalue weighted by Gasteiger charge is 2.30. The quantitative estimate of drug-likeness (QED) is 0.772. The summed E-state index contributed by atoms with van der Waals surface area (Å²) < 4.78 is 5.94. The molecule has 2 nitrogen and oxygen atoms in total. The van der Waals surface area contributed by atoms with Crippen LogP contribution in [0.1, 0.15) is 44.6 Å². The van der Waals surface area contributed by atoms with Crippen LogP contribution in [-0.2, 0) is 10.3 Å². The lowest BCUT2D eigenvalue weighted by Crippen LogP contribution is -2.37. The number of nitrogens with zero attached hydrogens (tertiary/aromatic N) is 1. The molecule has 0 amide bonds. The maximum Gasteiger partial charge on any atom is 0.0937 e. The van der Waals surface area contributed by atoms with Gasteiger partial charge in [0.05, 0.1) is 5.60 Å². The van der Waals surface area contributed by atoms with E-state index in [1.165, 1.54) is 37.9 Å². The molecule has 1 heterocycles. The van der Waals surface area contributed by atoms with Crippen LogP contribution in [0.25, 0.3) is 0 Å². The second-order valence-electron chi connectivity index (χ2n) is 5.57. The van der Waals surface area contributed by atoms with Gasteiger partial charge < -0.3 is 9.64 Å². The van der Waals surface area contributed by atoms with Gasteiger partial charge in [-0.3, -0.25) is 0 Å². The molecular formula is C17H27NO. The Hall–Kier alpha value is -0.860. The van der Waals surface area contributed by atoms with Gasteiger partial charge in [-0.15, -0.1) is 0 Å². The molecule has 0 N–H and O–H groups in total. The minimum atomic E-state index is -0.112. The van der Waals surface area contributed by atoms with Crippen LogP contribution in [0.5, 0.6) is 0 Å². The molecule has 1 aromatic carbocycles. The third-order valence-electron chi connectivity index (χ3n) is 4.54. The molecule has 2 heteroatoms. The van der Waals surface area contributed by atoms with Gasteiger partial charge in [0.2, 0.25) is 0 Å². The number of likely N-dealkylation sites (tertiary alicyclic amines) is 1. The number of piperidine rings is 1. The molecular weight excluding hydrogens is 234 g/mol. The molecule has 106 valence electrons. The third-order valence-corrected chi connectivity index (χ3v) is 4.54. The van der Waals surface area contributed by atoms with Crippen LogP contribution in [-0.4, -0.2) is 31.6 Å². The minimum Gasteiger partial charge on any atom is -0.373 e. The number of hydrogen-bond donors (Lipinski definition) is 0. The topological polar surface area (TPSA) is 12.5 Å². The average Bonchev–Trinajstić information content (AvgIpc) is 2.51. The Morgan fingerprint density at radius 3 is 2.37 bits per heavy atom. The van der Waals surface area contributed by atoms with Crippen LogP contribution < -0.4 is 0 Å². The van der Waals surface area contributed by atoms with Gasteiger partial charge in [-0.2, -0.15) is 0 Å². The molecule has 1 atom stereocenters. The van der Waals surface area contributed by atoms with E-state index < -0.39 is 0 Å². The Bertz CT molecular complexity index is 353. The van der Waals surface area contributed by atoms with Crippen LogP contribution >= 0.6 is 0 Å². The number of methoxy groups -OCH3 is 1. The molecule has 0 aliphatic carbocycles. The predicted molar refractivity (Wildman–Crippen MR) is 80.3 cm³/mol. The normalized spacial score (nSPS) is 20.1. The standard InChI is InChI=1S/C17H27NO/c1-3-17(19-2,16-10-6-4-7-11-16)12-15-18-13-8-5-9-14-18/h4,6-7,10-11H,3,5,8-9,12-15H2,1-2H3/t17-/m0/s1. The summed E-state index contributed by atoms with van der Waals surface area (Å²) in [4.78, 5) is 2.59. The van der Waals surface area contributed by atoms with E-state index >= 15 is 0 Å². The number of ether oxygens (including phenoxy) is 1. The molecule has 0 unspecified atom stereocenters. The van der Waals surface area contributed by atoms with Crippen LogP contribution in [0.3, 0.4) is 0 Å². The summed E-state index contributed by atoms with van der Waals surface area (Å²) in [6.45, 7) is 5.90. The second-order valence-corrected chi connectivity index (χ2v) is 5.57. The highest BCUT2D eigenvalue weighted by molar-refractivity contribution is 5.22. The van der Waals surface area contributed by atoms with Crippen molar-refractivity contribution in [3.8, 4) is 0 Å². The number of rotatable bonds is 6. The maximum atomic E-state index is 5.94. The fourth-order valence-corrected chi connectivity index (χ4v) is 3.15. The molecule has 0 aromatic heterocycles. The van der Waals surface area contributed by atoms with Gasteiger partial charge in [0, 0.05) is 13.7 Å². The molecule has 2 rings (SSSR count). The van der Waals surface area contributed by atoms with Gasteiger partial charge in [0.15, 0.2) is 0 Å². The van der Waals surface area contributed by atoms with Gasteiger partial charge in [-0.25, -0.2) is 0 Å². The largest absolute Gasteiger partial charge is 0.373 e. The van der Waals surface area contributed by atoms with Gasteiger partial charge in [0.25, 0.3) is 0 Å². The zero-order valence-corrected chi connectivity index (χ0v) is 12.4. The van der Waals surface area contributed by atoms with E-state index in [-0.39, 0.29) is 5.60 Å². The minimum absolute atomic E-state index is 0.112. The molecule has 0 bridgehead atoms. The lowest BCUT2D eigenvalue weighted by molar-refractivity contribution is -0.0331. The predicted octanol–water partition coefficient (Wildman–Crippen LogP) is 3.81. The first-order valence-corrected chi connectivity index (χ1v) is 7.64. The molecule has 1 aliphatic rings. The summed E-state index contributed by atoms with van der Waals surface area (Å²) in [7, 11) is 1.85. The Balaban J connectivity index is 2.02. The molecule has 0 saturated carbocycles. The van der Waals surface area contributed by atoms with E-state index in [0.29, 0.717) is 0 Å². The molecule has 0 spiro atoms. The van der Waals surface area contributed by atoms with Crippen molar-refractivity contribution in [1.82, 2.24) is 4.90 Å². The highest BCUT2D eigenvalue weighted by Crippen LogP contribution is 2.32. The van der Waals surface area contributed by atoms with Gasteiger partial charge >= 0.3 is 0 Å². The average molecular weight is 261 g/mol. The smallest absolute Gasteiger partial charge is 0.0937 e.